The van der Waals surface area contributed by atoms with E-state index in [1.807, 2.05) is 19.2 Å². The topological polar surface area (TPSA) is 46.3 Å². The molecule has 1 aromatic carbocycles. The van der Waals surface area contributed by atoms with E-state index in [-0.39, 0.29) is 11.9 Å². The molecule has 4 heteroatoms. The minimum absolute atomic E-state index is 0.0355. The van der Waals surface area contributed by atoms with Crippen LogP contribution in [0, 0.1) is 9.49 Å². The first-order valence-corrected chi connectivity index (χ1v) is 7.22. The molecular weight excluding hydrogens is 339 g/mol. The summed E-state index contributed by atoms with van der Waals surface area (Å²) in [7, 11) is 1.85. The maximum atomic E-state index is 12.3. The number of benzene rings is 1. The van der Waals surface area contributed by atoms with Crippen LogP contribution in [0.5, 0.6) is 0 Å². The van der Waals surface area contributed by atoms with Crippen LogP contribution in [0.3, 0.4) is 0 Å². The largest absolute Gasteiger partial charge is 0.399 e. The van der Waals surface area contributed by atoms with Crippen LogP contribution in [0.2, 0.25) is 0 Å². The number of rotatable bonds is 4. The lowest BCUT2D eigenvalue weighted by Crippen LogP contribution is -2.36. The van der Waals surface area contributed by atoms with Crippen molar-refractivity contribution in [3.63, 3.8) is 0 Å². The van der Waals surface area contributed by atoms with Gasteiger partial charge in [-0.1, -0.05) is 13.8 Å². The first-order chi connectivity index (χ1) is 8.31. The molecular formula is C14H21IN2O. The lowest BCUT2D eigenvalue weighted by molar-refractivity contribution is 0.0728. The molecule has 0 bridgehead atoms. The summed E-state index contributed by atoms with van der Waals surface area (Å²) in [4.78, 5) is 14.1. The Bertz CT molecular complexity index is 412. The monoisotopic (exact) mass is 360 g/mol. The Balaban J connectivity index is 2.86. The summed E-state index contributed by atoms with van der Waals surface area (Å²) in [6.45, 7) is 6.41. The molecule has 0 saturated heterocycles. The van der Waals surface area contributed by atoms with Gasteiger partial charge in [-0.3, -0.25) is 4.79 Å². The normalized spacial score (nSPS) is 12.6. The Labute approximate surface area is 123 Å². The van der Waals surface area contributed by atoms with Gasteiger partial charge in [-0.2, -0.15) is 0 Å². The number of nitrogens with two attached hydrogens (primary N) is 1. The molecule has 0 aliphatic rings. The van der Waals surface area contributed by atoms with E-state index < -0.39 is 0 Å². The molecule has 0 radical (unpaired) electrons. The number of hydrogen-bond donors (Lipinski definition) is 1. The van der Waals surface area contributed by atoms with Crippen LogP contribution < -0.4 is 5.73 Å². The molecule has 0 aliphatic carbocycles. The van der Waals surface area contributed by atoms with Gasteiger partial charge in [0.15, 0.2) is 0 Å². The first kappa shape index (κ1) is 15.3. The number of halogens is 1. The summed E-state index contributed by atoms with van der Waals surface area (Å²) in [6.07, 6.45) is 1.00. The van der Waals surface area contributed by atoms with Gasteiger partial charge in [0.05, 0.1) is 0 Å². The lowest BCUT2D eigenvalue weighted by Gasteiger charge is -2.26. The number of amides is 1. The molecule has 0 aliphatic heterocycles. The zero-order valence-corrected chi connectivity index (χ0v) is 13.6. The number of hydrogen-bond acceptors (Lipinski definition) is 2. The number of nitrogens with zero attached hydrogens (tertiary/aromatic N) is 1. The van der Waals surface area contributed by atoms with E-state index >= 15 is 0 Å². The van der Waals surface area contributed by atoms with Crippen molar-refractivity contribution in [1.29, 1.82) is 0 Å². The smallest absolute Gasteiger partial charge is 0.253 e. The molecule has 100 valence electrons. The van der Waals surface area contributed by atoms with E-state index in [1.165, 1.54) is 0 Å². The van der Waals surface area contributed by atoms with Gasteiger partial charge in [-0.05, 0) is 60.1 Å². The second-order valence-electron chi connectivity index (χ2n) is 5.17. The lowest BCUT2D eigenvalue weighted by atomic mass is 10.0. The summed E-state index contributed by atoms with van der Waals surface area (Å²) in [5, 5.41) is 0. The summed E-state index contributed by atoms with van der Waals surface area (Å²) >= 11 is 2.17. The highest BCUT2D eigenvalue weighted by Gasteiger charge is 2.18. The van der Waals surface area contributed by atoms with Crippen molar-refractivity contribution in [3.05, 3.63) is 27.3 Å². The Morgan fingerprint density at radius 2 is 1.94 bits per heavy atom. The van der Waals surface area contributed by atoms with E-state index in [0.29, 0.717) is 17.2 Å². The Morgan fingerprint density at radius 3 is 2.44 bits per heavy atom. The van der Waals surface area contributed by atoms with Gasteiger partial charge < -0.3 is 10.6 Å². The summed E-state index contributed by atoms with van der Waals surface area (Å²) in [5.74, 6) is 0.615. The molecule has 18 heavy (non-hydrogen) atoms. The molecule has 0 saturated carbocycles. The van der Waals surface area contributed by atoms with Gasteiger partial charge in [0.1, 0.15) is 0 Å². The Morgan fingerprint density at radius 1 is 1.33 bits per heavy atom. The first-order valence-electron chi connectivity index (χ1n) is 6.14. The minimum atomic E-state index is 0.0355. The van der Waals surface area contributed by atoms with Crippen LogP contribution in [0.4, 0.5) is 5.69 Å². The summed E-state index contributed by atoms with van der Waals surface area (Å²) in [6, 6.07) is 5.70. The van der Waals surface area contributed by atoms with E-state index in [9.17, 15) is 4.79 Å². The van der Waals surface area contributed by atoms with Gasteiger partial charge in [-0.15, -0.1) is 0 Å². The predicted molar refractivity (Wildman–Crippen MR) is 84.6 cm³/mol. The molecule has 0 spiro atoms. The van der Waals surface area contributed by atoms with Crippen molar-refractivity contribution in [2.24, 2.45) is 5.92 Å². The van der Waals surface area contributed by atoms with Gasteiger partial charge in [0.25, 0.3) is 5.91 Å². The molecule has 1 rings (SSSR count). The second-order valence-corrected chi connectivity index (χ2v) is 6.41. The molecule has 0 heterocycles. The second kappa shape index (κ2) is 6.41. The summed E-state index contributed by atoms with van der Waals surface area (Å²) < 4.78 is 0.987. The van der Waals surface area contributed by atoms with Crippen molar-refractivity contribution in [2.75, 3.05) is 12.8 Å². The van der Waals surface area contributed by atoms with Crippen molar-refractivity contribution < 1.29 is 4.79 Å². The van der Waals surface area contributed by atoms with Crippen LogP contribution in [-0.2, 0) is 0 Å². The van der Waals surface area contributed by atoms with Crippen LogP contribution in [-0.4, -0.2) is 23.9 Å². The van der Waals surface area contributed by atoms with E-state index in [0.717, 1.165) is 9.99 Å². The fraction of sp³-hybridized carbons (Fsp3) is 0.500. The van der Waals surface area contributed by atoms with Crippen LogP contribution in [0.1, 0.15) is 37.6 Å². The van der Waals surface area contributed by atoms with Gasteiger partial charge in [0.2, 0.25) is 0 Å². The molecule has 0 fully saturated rings. The average Bonchev–Trinajstić information content (AvgIpc) is 2.24. The predicted octanol–water partition coefficient (Wildman–Crippen LogP) is 3.38. The molecule has 0 aromatic heterocycles. The number of carbonyl (C=O) groups is 1. The highest BCUT2D eigenvalue weighted by Crippen LogP contribution is 2.18. The molecule has 2 N–H and O–H groups in total. The van der Waals surface area contributed by atoms with Crippen molar-refractivity contribution in [3.8, 4) is 0 Å². The number of carbonyl (C=O) groups excluding carboxylic acids is 1. The van der Waals surface area contributed by atoms with Crippen molar-refractivity contribution in [1.82, 2.24) is 4.90 Å². The van der Waals surface area contributed by atoms with Gasteiger partial charge >= 0.3 is 0 Å². The SMILES string of the molecule is CC(C)CC(C)N(C)C(=O)c1cc(N)cc(I)c1. The fourth-order valence-corrected chi connectivity index (χ4v) is 2.68. The number of nitrogen functional groups attached to an aromatic ring is 1. The zero-order chi connectivity index (χ0) is 13.9. The molecule has 1 unspecified atom stereocenters. The third-order valence-electron chi connectivity index (χ3n) is 2.96. The van der Waals surface area contributed by atoms with Gasteiger partial charge in [0, 0.05) is 27.9 Å². The zero-order valence-electron chi connectivity index (χ0n) is 11.4. The highest BCUT2D eigenvalue weighted by molar-refractivity contribution is 14.1. The summed E-state index contributed by atoms with van der Waals surface area (Å²) in [5.41, 5.74) is 7.08. The number of anilines is 1. The van der Waals surface area contributed by atoms with Crippen molar-refractivity contribution in [2.45, 2.75) is 33.2 Å². The van der Waals surface area contributed by atoms with Crippen LogP contribution in [0.15, 0.2) is 18.2 Å². The molecule has 1 amide bonds. The highest BCUT2D eigenvalue weighted by atomic mass is 127. The van der Waals surface area contributed by atoms with E-state index in [1.54, 1.807) is 11.0 Å². The molecule has 1 aromatic rings. The Kier molecular flexibility index (Phi) is 5.44. The third-order valence-corrected chi connectivity index (χ3v) is 3.58. The third kappa shape index (κ3) is 4.15. The minimum Gasteiger partial charge on any atom is -0.399 e. The molecule has 1 atom stereocenters. The van der Waals surface area contributed by atoms with Gasteiger partial charge in [-0.25, -0.2) is 0 Å². The quantitative estimate of drug-likeness (QED) is 0.661. The van der Waals surface area contributed by atoms with E-state index in [4.69, 9.17) is 5.73 Å². The van der Waals surface area contributed by atoms with Crippen LogP contribution in [0.25, 0.3) is 0 Å². The van der Waals surface area contributed by atoms with E-state index in [2.05, 4.69) is 43.4 Å². The van der Waals surface area contributed by atoms with Crippen molar-refractivity contribution >= 4 is 34.2 Å². The van der Waals surface area contributed by atoms with Crippen LogP contribution >= 0.6 is 22.6 Å². The Hall–Kier alpha value is -0.780. The average molecular weight is 360 g/mol. The maximum absolute atomic E-state index is 12.3. The standard InChI is InChI=1S/C14H21IN2O/c1-9(2)5-10(3)17(4)14(18)11-6-12(15)8-13(16)7-11/h6-10H,5,16H2,1-4H3. The molecule has 3 nitrogen and oxygen atoms in total. The maximum Gasteiger partial charge on any atom is 0.253 e. The fourth-order valence-electron chi connectivity index (χ4n) is 1.98.